The molecule has 5 N–H and O–H groups in total. The van der Waals surface area contributed by atoms with Crippen molar-refractivity contribution in [1.29, 1.82) is 0 Å². The van der Waals surface area contributed by atoms with E-state index < -0.39 is 61.8 Å². The summed E-state index contributed by atoms with van der Waals surface area (Å²) in [6, 6.07) is 17.1. The highest BCUT2D eigenvalue weighted by molar-refractivity contribution is 7.87. The van der Waals surface area contributed by atoms with Crippen LogP contribution in [0.4, 0.5) is 40.3 Å². The molecule has 0 spiro atoms. The van der Waals surface area contributed by atoms with Gasteiger partial charge in [-0.2, -0.15) is 69.1 Å². The average Bonchev–Trinajstić information content (AvgIpc) is 3.18. The second-order valence-electron chi connectivity index (χ2n) is 13.2. The third-order valence-electron chi connectivity index (χ3n) is 8.32. The molecule has 26 heteroatoms. The van der Waals surface area contributed by atoms with E-state index in [1.807, 2.05) is 6.07 Å². The molecule has 62 heavy (non-hydrogen) atoms. The summed E-state index contributed by atoms with van der Waals surface area (Å²) >= 11 is 0. The molecule has 0 saturated carbocycles. The van der Waals surface area contributed by atoms with Crippen molar-refractivity contribution < 1.29 is 56.2 Å². The van der Waals surface area contributed by atoms with E-state index in [-0.39, 0.29) is 54.0 Å². The Morgan fingerprint density at radius 3 is 1.61 bits per heavy atom. The lowest BCUT2D eigenvalue weighted by molar-refractivity contribution is 0.310. The van der Waals surface area contributed by atoms with E-state index in [4.69, 9.17) is 0 Å². The summed E-state index contributed by atoms with van der Waals surface area (Å²) < 4.78 is 123. The first-order chi connectivity index (χ1) is 29.0. The molecule has 0 unspecified atom stereocenters. The minimum Gasteiger partial charge on any atom is -0.395 e. The van der Waals surface area contributed by atoms with Gasteiger partial charge >= 0.3 is 0 Å². The minimum absolute atomic E-state index is 0.0334. The number of benzene rings is 4. The number of azo groups is 2. The first-order valence-corrected chi connectivity index (χ1v) is 23.8. The maximum Gasteiger partial charge on any atom is 0.296 e. The van der Waals surface area contributed by atoms with Gasteiger partial charge in [0.2, 0.25) is 11.9 Å². The molecule has 0 atom stereocenters. The first-order valence-electron chi connectivity index (χ1n) is 17.7. The monoisotopic (exact) mass is 933 g/mol. The van der Waals surface area contributed by atoms with Crippen molar-refractivity contribution in [3.05, 3.63) is 106 Å². The van der Waals surface area contributed by atoms with Gasteiger partial charge in [-0.05, 0) is 96.3 Å². The number of aliphatic hydroxyl groups excluding tert-OH is 1. The predicted octanol–water partition coefficient (Wildman–Crippen LogP) is 5.50. The molecule has 22 nitrogen and oxygen atoms in total. The van der Waals surface area contributed by atoms with Crippen molar-refractivity contribution in [2.75, 3.05) is 38.0 Å². The molecule has 0 bridgehead atoms. The van der Waals surface area contributed by atoms with Crippen LogP contribution in [0.2, 0.25) is 0 Å². The SMILES string of the molecule is COS(=O)(=O)c1cc(N=Nc2ccc(Nc3nc(Cc4ccc(N=Nc5cc(CS(=O)(=O)O)cc(CS(=O)(=O)O)c5)c(C)c4)nc(NCCO)n3)cc2C)cc(S(=O)(=O)OC)c1. The Hall–Kier alpha value is -5.71. The molecule has 4 aromatic carbocycles. The van der Waals surface area contributed by atoms with Gasteiger partial charge in [-0.25, -0.2) is 0 Å². The van der Waals surface area contributed by atoms with Crippen LogP contribution in [0.1, 0.15) is 33.6 Å². The molecule has 0 aliphatic heterocycles. The van der Waals surface area contributed by atoms with Gasteiger partial charge in [-0.3, -0.25) is 17.5 Å². The second-order valence-corrected chi connectivity index (χ2v) is 19.6. The smallest absolute Gasteiger partial charge is 0.296 e. The minimum atomic E-state index is -4.46. The molecule has 330 valence electrons. The van der Waals surface area contributed by atoms with E-state index in [0.29, 0.717) is 34.0 Å². The molecule has 0 saturated heterocycles. The average molecular weight is 934 g/mol. The summed E-state index contributed by atoms with van der Waals surface area (Å²) in [5.74, 6) is -0.958. The highest BCUT2D eigenvalue weighted by atomic mass is 32.2. The van der Waals surface area contributed by atoms with Crippen LogP contribution in [0.3, 0.4) is 0 Å². The lowest BCUT2D eigenvalue weighted by Gasteiger charge is -2.11. The van der Waals surface area contributed by atoms with Crippen LogP contribution in [-0.2, 0) is 66.8 Å². The third kappa shape index (κ3) is 13.6. The number of hydrogen-bond donors (Lipinski definition) is 5. The molecule has 1 heterocycles. The van der Waals surface area contributed by atoms with Crippen LogP contribution in [0.25, 0.3) is 0 Å². The zero-order valence-electron chi connectivity index (χ0n) is 33.2. The van der Waals surface area contributed by atoms with E-state index in [2.05, 4.69) is 54.4 Å². The molecular formula is C36H39N9O13S4. The van der Waals surface area contributed by atoms with Crippen LogP contribution >= 0.6 is 0 Å². The Bertz CT molecular complexity index is 2900. The Labute approximate surface area is 357 Å². The van der Waals surface area contributed by atoms with Crippen LogP contribution in [0, 0.1) is 13.8 Å². The van der Waals surface area contributed by atoms with E-state index in [0.717, 1.165) is 38.0 Å². The zero-order chi connectivity index (χ0) is 45.5. The highest BCUT2D eigenvalue weighted by Crippen LogP contribution is 2.31. The van der Waals surface area contributed by atoms with Crippen LogP contribution in [0.5, 0.6) is 0 Å². The summed E-state index contributed by atoms with van der Waals surface area (Å²) in [6.45, 7) is 3.45. The number of aromatic nitrogens is 3. The van der Waals surface area contributed by atoms with Gasteiger partial charge in [0.25, 0.3) is 40.5 Å². The summed E-state index contributed by atoms with van der Waals surface area (Å²) in [6.07, 6.45) is 0.221. The zero-order valence-corrected chi connectivity index (χ0v) is 36.4. The number of nitrogens with zero attached hydrogens (tertiary/aromatic N) is 7. The van der Waals surface area contributed by atoms with Crippen LogP contribution in [-0.4, -0.2) is 90.2 Å². The Balaban J connectivity index is 1.36. The predicted molar refractivity (Wildman–Crippen MR) is 224 cm³/mol. The molecular weight excluding hydrogens is 895 g/mol. The standard InChI is InChI=1S/C36H39N9O13S4/c1-22-11-24(5-7-32(22)44-42-28-14-25(20-59(47,48)49)13-26(15-28)21-60(50,51)52)16-34-39-35(37-9-10-46)41-36(40-34)38-27-6-8-33(23(2)12-27)45-43-29-17-30(61(53,54)57-3)19-31(18-29)62(55,56)58-4/h5-8,11-15,17-19,46H,9-10,16,20-21H2,1-4H3,(H,47,48,49)(H,50,51,52)(H2,37,38,39,40,41). The maximum absolute atomic E-state index is 12.4. The molecule has 0 amide bonds. The largest absolute Gasteiger partial charge is 0.395 e. The number of hydrogen-bond acceptors (Lipinski definition) is 20. The van der Waals surface area contributed by atoms with Crippen molar-refractivity contribution in [2.45, 2.75) is 41.6 Å². The van der Waals surface area contributed by atoms with Crippen molar-refractivity contribution in [1.82, 2.24) is 15.0 Å². The molecule has 0 fully saturated rings. The fourth-order valence-corrected chi connectivity index (χ4v) is 8.31. The van der Waals surface area contributed by atoms with Crippen molar-refractivity contribution in [3.8, 4) is 0 Å². The molecule has 0 aliphatic rings. The number of rotatable bonds is 19. The van der Waals surface area contributed by atoms with Crippen molar-refractivity contribution >= 4 is 80.8 Å². The van der Waals surface area contributed by atoms with E-state index in [1.54, 1.807) is 44.2 Å². The summed E-state index contributed by atoms with van der Waals surface area (Å²) in [4.78, 5) is 12.5. The van der Waals surface area contributed by atoms with Crippen molar-refractivity contribution in [3.63, 3.8) is 0 Å². The summed E-state index contributed by atoms with van der Waals surface area (Å²) in [7, 11) is -15.7. The Kier molecular flexibility index (Phi) is 14.9. The van der Waals surface area contributed by atoms with Gasteiger partial charge in [0.15, 0.2) is 0 Å². The Morgan fingerprint density at radius 1 is 0.597 bits per heavy atom. The third-order valence-corrected chi connectivity index (χ3v) is 12.2. The van der Waals surface area contributed by atoms with Gasteiger partial charge in [0.05, 0.1) is 53.4 Å². The van der Waals surface area contributed by atoms with E-state index in [9.17, 15) is 47.9 Å². The van der Waals surface area contributed by atoms with E-state index >= 15 is 0 Å². The number of anilines is 3. The quantitative estimate of drug-likeness (QED) is 0.0387. The summed E-state index contributed by atoms with van der Waals surface area (Å²) in [5.41, 5.74) is 3.40. The molecule has 0 radical (unpaired) electrons. The number of nitrogens with one attached hydrogen (secondary N) is 2. The number of aryl methyl sites for hydroxylation is 2. The normalized spacial score (nSPS) is 12.6. The fourth-order valence-electron chi connectivity index (χ4n) is 5.61. The molecule has 5 rings (SSSR count). The lowest BCUT2D eigenvalue weighted by Crippen LogP contribution is -2.13. The maximum atomic E-state index is 12.4. The van der Waals surface area contributed by atoms with Crippen LogP contribution in [0.15, 0.2) is 103 Å². The van der Waals surface area contributed by atoms with Gasteiger partial charge in [-0.1, -0.05) is 18.2 Å². The van der Waals surface area contributed by atoms with Gasteiger partial charge in [-0.15, -0.1) is 0 Å². The number of aliphatic hydroxyl groups is 1. The van der Waals surface area contributed by atoms with Gasteiger partial charge < -0.3 is 15.7 Å². The van der Waals surface area contributed by atoms with Crippen molar-refractivity contribution in [2.24, 2.45) is 20.5 Å². The van der Waals surface area contributed by atoms with Gasteiger partial charge in [0.1, 0.15) is 17.3 Å². The summed E-state index contributed by atoms with van der Waals surface area (Å²) in [5, 5.41) is 32.1. The molecule has 1 aromatic heterocycles. The second kappa shape index (κ2) is 19.6. The van der Waals surface area contributed by atoms with Crippen LogP contribution < -0.4 is 10.6 Å². The molecule has 5 aromatic rings. The van der Waals surface area contributed by atoms with Gasteiger partial charge in [0, 0.05) is 18.7 Å². The molecule has 0 aliphatic carbocycles. The fraction of sp³-hybridized carbons (Fsp3) is 0.250. The Morgan fingerprint density at radius 2 is 1.11 bits per heavy atom. The highest BCUT2D eigenvalue weighted by Gasteiger charge is 2.22. The topological polar surface area (TPSA) is 328 Å². The first kappa shape index (κ1) is 47.3. The lowest BCUT2D eigenvalue weighted by atomic mass is 10.1. The van der Waals surface area contributed by atoms with E-state index in [1.165, 1.54) is 18.2 Å².